The Labute approximate surface area is 83.4 Å². The van der Waals surface area contributed by atoms with Crippen LogP contribution in [0.5, 0.6) is 0 Å². The van der Waals surface area contributed by atoms with Crippen molar-refractivity contribution >= 4 is 14.3 Å². The number of nitrogens with one attached hydrogen (secondary N) is 1. The zero-order chi connectivity index (χ0) is 11.0. The van der Waals surface area contributed by atoms with Crippen LogP contribution in [0.3, 0.4) is 0 Å². The highest BCUT2D eigenvalue weighted by atomic mass is 31.2. The standard InChI is InChI=1S/C8H15N2O3P/c1-3-8(4-5-9-2)10-6-7-14(11,12)13/h3-5,10H,2,6-7H2,1H3,(H2,11,12,13)/b5-4-,8-3+. The van der Waals surface area contributed by atoms with Crippen molar-refractivity contribution in [3.8, 4) is 0 Å². The second-order valence-electron chi connectivity index (χ2n) is 2.56. The molecule has 14 heavy (non-hydrogen) atoms. The summed E-state index contributed by atoms with van der Waals surface area (Å²) in [7, 11) is -3.91. The van der Waals surface area contributed by atoms with Gasteiger partial charge in [0.1, 0.15) is 0 Å². The average Bonchev–Trinajstić information content (AvgIpc) is 2.09. The zero-order valence-electron chi connectivity index (χ0n) is 8.05. The molecule has 0 atom stereocenters. The van der Waals surface area contributed by atoms with Gasteiger partial charge in [0.25, 0.3) is 0 Å². The van der Waals surface area contributed by atoms with E-state index in [1.54, 1.807) is 12.2 Å². The van der Waals surface area contributed by atoms with Gasteiger partial charge in [0.15, 0.2) is 0 Å². The molecule has 0 aromatic heterocycles. The Balaban J connectivity index is 3.93. The third-order valence-electron chi connectivity index (χ3n) is 1.40. The third kappa shape index (κ3) is 7.73. The minimum Gasteiger partial charge on any atom is -0.385 e. The van der Waals surface area contributed by atoms with Crippen LogP contribution in [0.25, 0.3) is 0 Å². The predicted molar refractivity (Wildman–Crippen MR) is 57.4 cm³/mol. The lowest BCUT2D eigenvalue weighted by molar-refractivity contribution is 0.372. The van der Waals surface area contributed by atoms with Gasteiger partial charge in [0.05, 0.1) is 6.16 Å². The van der Waals surface area contributed by atoms with Crippen molar-refractivity contribution in [1.29, 1.82) is 0 Å². The Morgan fingerprint density at radius 3 is 2.71 bits per heavy atom. The number of hydrogen-bond acceptors (Lipinski definition) is 3. The van der Waals surface area contributed by atoms with Crippen LogP contribution in [0.2, 0.25) is 0 Å². The van der Waals surface area contributed by atoms with Gasteiger partial charge in [0, 0.05) is 18.4 Å². The van der Waals surface area contributed by atoms with Crippen LogP contribution in [0.4, 0.5) is 0 Å². The summed E-state index contributed by atoms with van der Waals surface area (Å²) in [5.41, 5.74) is 0.755. The molecular formula is C8H15N2O3P. The fraction of sp³-hybridized carbons (Fsp3) is 0.375. The first kappa shape index (κ1) is 13.1. The maximum Gasteiger partial charge on any atom is 0.327 e. The molecule has 5 nitrogen and oxygen atoms in total. The summed E-state index contributed by atoms with van der Waals surface area (Å²) >= 11 is 0. The Morgan fingerprint density at radius 2 is 2.29 bits per heavy atom. The van der Waals surface area contributed by atoms with E-state index in [0.29, 0.717) is 0 Å². The van der Waals surface area contributed by atoms with Crippen LogP contribution in [0, 0.1) is 0 Å². The third-order valence-corrected chi connectivity index (χ3v) is 2.21. The lowest BCUT2D eigenvalue weighted by Crippen LogP contribution is -2.16. The molecule has 3 N–H and O–H groups in total. The Bertz CT molecular complexity index is 280. The van der Waals surface area contributed by atoms with Gasteiger partial charge in [0.2, 0.25) is 0 Å². The average molecular weight is 218 g/mol. The van der Waals surface area contributed by atoms with Gasteiger partial charge in [-0.3, -0.25) is 9.56 Å². The van der Waals surface area contributed by atoms with Crippen LogP contribution in [0.1, 0.15) is 6.92 Å². The van der Waals surface area contributed by atoms with Crippen LogP contribution in [-0.4, -0.2) is 29.2 Å². The summed E-state index contributed by atoms with van der Waals surface area (Å²) in [6.07, 6.45) is 4.77. The minimum atomic E-state index is -3.91. The lowest BCUT2D eigenvalue weighted by atomic mass is 10.4. The van der Waals surface area contributed by atoms with Crippen molar-refractivity contribution in [3.05, 3.63) is 24.0 Å². The highest BCUT2D eigenvalue weighted by Gasteiger charge is 2.11. The van der Waals surface area contributed by atoms with Gasteiger partial charge in [-0.25, -0.2) is 0 Å². The molecule has 0 aromatic carbocycles. The van der Waals surface area contributed by atoms with Gasteiger partial charge in [-0.1, -0.05) is 6.08 Å². The number of allylic oxidation sites excluding steroid dienone is 2. The Hall–Kier alpha value is -0.900. The molecule has 0 aliphatic rings. The van der Waals surface area contributed by atoms with E-state index in [1.165, 1.54) is 6.20 Å². The SMILES string of the molecule is C=N/C=C\C(=C/C)NCCP(=O)(O)O. The highest BCUT2D eigenvalue weighted by Crippen LogP contribution is 2.32. The molecule has 80 valence electrons. The minimum absolute atomic E-state index is 0.181. The van der Waals surface area contributed by atoms with E-state index < -0.39 is 7.60 Å². The quantitative estimate of drug-likeness (QED) is 0.351. The van der Waals surface area contributed by atoms with Gasteiger partial charge in [-0.05, 0) is 19.7 Å². The van der Waals surface area contributed by atoms with Crippen LogP contribution >= 0.6 is 7.60 Å². The molecule has 0 amide bonds. The van der Waals surface area contributed by atoms with Gasteiger partial charge >= 0.3 is 7.60 Å². The largest absolute Gasteiger partial charge is 0.385 e. The maximum absolute atomic E-state index is 10.5. The molecular weight excluding hydrogens is 203 g/mol. The molecule has 0 radical (unpaired) electrons. The summed E-state index contributed by atoms with van der Waals surface area (Å²) in [6, 6.07) is 0. The van der Waals surface area contributed by atoms with Gasteiger partial charge < -0.3 is 15.1 Å². The lowest BCUT2D eigenvalue weighted by Gasteiger charge is -2.07. The second-order valence-corrected chi connectivity index (χ2v) is 4.33. The molecule has 6 heteroatoms. The first-order chi connectivity index (χ1) is 6.49. The van der Waals surface area contributed by atoms with Crippen molar-refractivity contribution in [2.24, 2.45) is 4.99 Å². The summed E-state index contributed by atoms with van der Waals surface area (Å²) in [5, 5.41) is 2.86. The smallest absolute Gasteiger partial charge is 0.327 e. The highest BCUT2D eigenvalue weighted by molar-refractivity contribution is 7.51. The molecule has 0 saturated carbocycles. The summed E-state index contributed by atoms with van der Waals surface area (Å²) < 4.78 is 10.5. The first-order valence-corrected chi connectivity index (χ1v) is 5.86. The monoisotopic (exact) mass is 218 g/mol. The second kappa shape index (κ2) is 6.54. The Kier molecular flexibility index (Phi) is 6.12. The maximum atomic E-state index is 10.5. The van der Waals surface area contributed by atoms with E-state index in [9.17, 15) is 4.57 Å². The number of aliphatic imine (C=N–C) groups is 1. The molecule has 0 saturated heterocycles. The van der Waals surface area contributed by atoms with E-state index >= 15 is 0 Å². The van der Waals surface area contributed by atoms with Crippen molar-refractivity contribution in [2.75, 3.05) is 12.7 Å². The van der Waals surface area contributed by atoms with E-state index in [0.717, 1.165) is 5.70 Å². The fourth-order valence-electron chi connectivity index (χ4n) is 0.736. The van der Waals surface area contributed by atoms with E-state index in [4.69, 9.17) is 9.79 Å². The summed E-state index contributed by atoms with van der Waals surface area (Å²) in [4.78, 5) is 20.7. The van der Waals surface area contributed by atoms with Crippen molar-refractivity contribution in [1.82, 2.24) is 5.32 Å². The number of hydrogen-bond donors (Lipinski definition) is 3. The van der Waals surface area contributed by atoms with Crippen LogP contribution in [0.15, 0.2) is 29.0 Å². The Morgan fingerprint density at radius 1 is 1.64 bits per heavy atom. The fourth-order valence-corrected chi connectivity index (χ4v) is 1.14. The molecule has 0 aromatic rings. The van der Waals surface area contributed by atoms with Crippen molar-refractivity contribution < 1.29 is 14.4 Å². The molecule has 0 rings (SSSR count). The van der Waals surface area contributed by atoms with Gasteiger partial charge in [-0.15, -0.1) is 0 Å². The van der Waals surface area contributed by atoms with Crippen LogP contribution in [-0.2, 0) is 4.57 Å². The number of rotatable bonds is 6. The zero-order valence-corrected chi connectivity index (χ0v) is 8.94. The molecule has 0 unspecified atom stereocenters. The molecule has 0 spiro atoms. The number of nitrogens with zero attached hydrogens (tertiary/aromatic N) is 1. The van der Waals surface area contributed by atoms with Crippen LogP contribution < -0.4 is 5.32 Å². The predicted octanol–water partition coefficient (Wildman–Crippen LogP) is 0.872. The molecule has 0 heterocycles. The van der Waals surface area contributed by atoms with E-state index in [-0.39, 0.29) is 12.7 Å². The van der Waals surface area contributed by atoms with E-state index in [1.807, 2.05) is 6.92 Å². The molecule has 0 bridgehead atoms. The summed E-state index contributed by atoms with van der Waals surface area (Å²) in [6.45, 7) is 5.31. The van der Waals surface area contributed by atoms with Crippen molar-refractivity contribution in [2.45, 2.75) is 6.92 Å². The molecule has 0 fully saturated rings. The van der Waals surface area contributed by atoms with E-state index in [2.05, 4.69) is 17.0 Å². The molecule has 0 aliphatic carbocycles. The topological polar surface area (TPSA) is 81.9 Å². The molecule has 0 aliphatic heterocycles. The van der Waals surface area contributed by atoms with Crippen molar-refractivity contribution in [3.63, 3.8) is 0 Å². The van der Waals surface area contributed by atoms with Gasteiger partial charge in [-0.2, -0.15) is 0 Å². The first-order valence-electron chi connectivity index (χ1n) is 4.06. The normalized spacial score (nSPS) is 13.2. The summed E-state index contributed by atoms with van der Waals surface area (Å²) in [5.74, 6) is 0.